The fourth-order valence-corrected chi connectivity index (χ4v) is 3.79. The number of rotatable bonds is 7. The number of phenolic OH excluding ortho intramolecular Hbond substituents is 2. The van der Waals surface area contributed by atoms with E-state index in [1.165, 1.54) is 30.3 Å². The van der Waals surface area contributed by atoms with Crippen LogP contribution >= 0.6 is 0 Å². The van der Waals surface area contributed by atoms with E-state index in [0.717, 1.165) is 19.6 Å². The number of methoxy groups -OCH3 is 1. The number of hydrogen-bond donors (Lipinski definition) is 2. The summed E-state index contributed by atoms with van der Waals surface area (Å²) in [4.78, 5) is 37.7. The molecule has 8 heteroatoms. The van der Waals surface area contributed by atoms with E-state index in [-0.39, 0.29) is 23.5 Å². The van der Waals surface area contributed by atoms with E-state index >= 15 is 0 Å². The van der Waals surface area contributed by atoms with Gasteiger partial charge in [0.25, 0.3) is 0 Å². The quantitative estimate of drug-likeness (QED) is 0.361. The number of ether oxygens (including phenoxy) is 3. The largest absolute Gasteiger partial charge is 0.508 e. The molecule has 2 N–H and O–H groups in total. The van der Waals surface area contributed by atoms with Crippen molar-refractivity contribution in [3.05, 3.63) is 76.6 Å². The summed E-state index contributed by atoms with van der Waals surface area (Å²) in [7, 11) is 1.16. The average Bonchev–Trinajstić information content (AvgIpc) is 3.05. The Morgan fingerprint density at radius 2 is 1.74 bits per heavy atom. The lowest BCUT2D eigenvalue weighted by atomic mass is 9.83. The molecule has 3 rings (SSSR count). The molecule has 1 atom stereocenters. The zero-order chi connectivity index (χ0) is 25.0. The Morgan fingerprint density at radius 3 is 2.32 bits per heavy atom. The number of allylic oxidation sites excluding steroid dienone is 2. The van der Waals surface area contributed by atoms with Crippen LogP contribution in [0.2, 0.25) is 0 Å². The maximum atomic E-state index is 13.2. The molecule has 0 bridgehead atoms. The Kier molecular flexibility index (Phi) is 7.10. The molecular formula is C26H26O8. The van der Waals surface area contributed by atoms with E-state index in [1.54, 1.807) is 12.1 Å². The van der Waals surface area contributed by atoms with E-state index in [1.807, 2.05) is 19.9 Å². The van der Waals surface area contributed by atoms with Crippen LogP contribution in [0.1, 0.15) is 37.5 Å². The molecule has 34 heavy (non-hydrogen) atoms. The smallest absolute Gasteiger partial charge is 0.376 e. The van der Waals surface area contributed by atoms with Crippen LogP contribution in [0.25, 0.3) is 5.57 Å². The van der Waals surface area contributed by atoms with E-state index in [4.69, 9.17) is 14.2 Å². The van der Waals surface area contributed by atoms with Gasteiger partial charge in [-0.1, -0.05) is 35.9 Å². The van der Waals surface area contributed by atoms with Crippen LogP contribution in [-0.4, -0.2) is 40.8 Å². The van der Waals surface area contributed by atoms with Crippen LogP contribution in [0.15, 0.2) is 59.9 Å². The number of esters is 3. The Labute approximate surface area is 197 Å². The maximum Gasteiger partial charge on any atom is 0.376 e. The van der Waals surface area contributed by atoms with Gasteiger partial charge in [-0.15, -0.1) is 0 Å². The van der Waals surface area contributed by atoms with Gasteiger partial charge in [0.2, 0.25) is 11.4 Å². The zero-order valence-electron chi connectivity index (χ0n) is 19.4. The first-order valence-electron chi connectivity index (χ1n) is 10.6. The average molecular weight is 466 g/mol. The van der Waals surface area contributed by atoms with Gasteiger partial charge in [-0.05, 0) is 55.2 Å². The summed E-state index contributed by atoms with van der Waals surface area (Å²) >= 11 is 0. The summed E-state index contributed by atoms with van der Waals surface area (Å²) < 4.78 is 15.8. The molecule has 0 amide bonds. The fourth-order valence-electron chi connectivity index (χ4n) is 3.79. The number of benzene rings is 2. The summed E-state index contributed by atoms with van der Waals surface area (Å²) in [6.07, 6.45) is 2.27. The SMILES string of the molecule is COC(=O)[C@]1(Cc2ccc(O)c(CC=C(C)C)c2)OC(=O)C(OC(C)=O)=C1c1ccc(O)cc1. The van der Waals surface area contributed by atoms with Gasteiger partial charge in [0, 0.05) is 13.3 Å². The van der Waals surface area contributed by atoms with Crippen molar-refractivity contribution in [2.24, 2.45) is 0 Å². The van der Waals surface area contributed by atoms with Gasteiger partial charge in [0.05, 0.1) is 12.7 Å². The fraction of sp³-hybridized carbons (Fsp3) is 0.269. The molecule has 0 unspecified atom stereocenters. The summed E-state index contributed by atoms with van der Waals surface area (Å²) in [5.41, 5.74) is 0.654. The van der Waals surface area contributed by atoms with Gasteiger partial charge in [-0.2, -0.15) is 0 Å². The summed E-state index contributed by atoms with van der Waals surface area (Å²) in [6, 6.07) is 10.5. The predicted molar refractivity (Wildman–Crippen MR) is 123 cm³/mol. The monoisotopic (exact) mass is 466 g/mol. The highest BCUT2D eigenvalue weighted by Gasteiger charge is 2.56. The van der Waals surface area contributed by atoms with Crippen LogP contribution < -0.4 is 0 Å². The van der Waals surface area contributed by atoms with E-state index in [0.29, 0.717) is 23.1 Å². The lowest BCUT2D eigenvalue weighted by Gasteiger charge is -2.28. The molecule has 1 aliphatic heterocycles. The van der Waals surface area contributed by atoms with Crippen molar-refractivity contribution in [3.8, 4) is 11.5 Å². The van der Waals surface area contributed by atoms with Gasteiger partial charge in [-0.3, -0.25) is 4.79 Å². The standard InChI is InChI=1S/C26H26O8/c1-15(2)5-7-19-13-17(6-12-21(19)29)14-26(25(31)32-4)22(18-8-10-20(28)11-9-18)23(24(30)34-26)33-16(3)27/h5-6,8-13,28-29H,7,14H2,1-4H3/t26-/m1/s1. The van der Waals surface area contributed by atoms with Crippen LogP contribution in [0.4, 0.5) is 0 Å². The number of hydrogen-bond acceptors (Lipinski definition) is 8. The summed E-state index contributed by atoms with van der Waals surface area (Å²) in [5.74, 6) is -3.00. The van der Waals surface area contributed by atoms with Gasteiger partial charge >= 0.3 is 17.9 Å². The highest BCUT2D eigenvalue weighted by atomic mass is 16.6. The van der Waals surface area contributed by atoms with Crippen molar-refractivity contribution < 1.29 is 38.8 Å². The Hall–Kier alpha value is -4.07. The minimum atomic E-state index is -1.96. The summed E-state index contributed by atoms with van der Waals surface area (Å²) in [5, 5.41) is 20.0. The molecule has 0 spiro atoms. The maximum absolute atomic E-state index is 13.2. The van der Waals surface area contributed by atoms with Crippen molar-refractivity contribution in [1.29, 1.82) is 0 Å². The molecule has 1 aliphatic rings. The van der Waals surface area contributed by atoms with Crippen molar-refractivity contribution in [3.63, 3.8) is 0 Å². The second-order valence-corrected chi connectivity index (χ2v) is 8.18. The Bertz CT molecular complexity index is 1190. The second kappa shape index (κ2) is 9.82. The molecular weight excluding hydrogens is 440 g/mol. The highest BCUT2D eigenvalue weighted by Crippen LogP contribution is 2.44. The molecule has 0 fully saturated rings. The number of aromatic hydroxyl groups is 2. The second-order valence-electron chi connectivity index (χ2n) is 8.18. The Morgan fingerprint density at radius 1 is 1.06 bits per heavy atom. The van der Waals surface area contributed by atoms with Crippen molar-refractivity contribution in [2.75, 3.05) is 7.11 Å². The predicted octanol–water partition coefficient (Wildman–Crippen LogP) is 3.59. The topological polar surface area (TPSA) is 119 Å². The van der Waals surface area contributed by atoms with E-state index in [9.17, 15) is 24.6 Å². The lowest BCUT2D eigenvalue weighted by Crippen LogP contribution is -2.44. The van der Waals surface area contributed by atoms with Crippen molar-refractivity contribution in [2.45, 2.75) is 39.2 Å². The third-order valence-corrected chi connectivity index (χ3v) is 5.33. The molecule has 0 radical (unpaired) electrons. The van der Waals surface area contributed by atoms with Crippen LogP contribution in [0.3, 0.4) is 0 Å². The van der Waals surface area contributed by atoms with Crippen molar-refractivity contribution >= 4 is 23.5 Å². The Balaban J connectivity index is 2.19. The zero-order valence-corrected chi connectivity index (χ0v) is 19.4. The molecule has 0 aromatic heterocycles. The first kappa shape index (κ1) is 24.6. The highest BCUT2D eigenvalue weighted by molar-refractivity contribution is 6.12. The van der Waals surface area contributed by atoms with E-state index in [2.05, 4.69) is 0 Å². The summed E-state index contributed by atoms with van der Waals surface area (Å²) in [6.45, 7) is 5.01. The normalized spacial score (nSPS) is 17.2. The number of carbonyl (C=O) groups is 3. The number of phenols is 2. The van der Waals surface area contributed by atoms with Gasteiger partial charge in [-0.25, -0.2) is 9.59 Å². The van der Waals surface area contributed by atoms with Crippen LogP contribution in [0.5, 0.6) is 11.5 Å². The molecule has 0 aliphatic carbocycles. The van der Waals surface area contributed by atoms with Gasteiger partial charge in [0.15, 0.2) is 0 Å². The molecule has 2 aromatic rings. The minimum Gasteiger partial charge on any atom is -0.508 e. The van der Waals surface area contributed by atoms with Crippen LogP contribution in [0, 0.1) is 0 Å². The third kappa shape index (κ3) is 4.96. The molecule has 2 aromatic carbocycles. The molecule has 178 valence electrons. The molecule has 0 saturated carbocycles. The van der Waals surface area contributed by atoms with E-state index < -0.39 is 29.3 Å². The molecule has 0 saturated heterocycles. The third-order valence-electron chi connectivity index (χ3n) is 5.33. The number of cyclic esters (lactones) is 1. The lowest BCUT2D eigenvalue weighted by molar-refractivity contribution is -0.169. The first-order chi connectivity index (χ1) is 16.1. The van der Waals surface area contributed by atoms with Crippen molar-refractivity contribution in [1.82, 2.24) is 0 Å². The first-order valence-corrected chi connectivity index (χ1v) is 10.6. The van der Waals surface area contributed by atoms with Crippen LogP contribution in [-0.2, 0) is 41.4 Å². The van der Waals surface area contributed by atoms with Gasteiger partial charge < -0.3 is 24.4 Å². The number of carbonyl (C=O) groups excluding carboxylic acids is 3. The molecule has 8 nitrogen and oxygen atoms in total. The van der Waals surface area contributed by atoms with Gasteiger partial charge in [0.1, 0.15) is 11.5 Å². The minimum absolute atomic E-state index is 0.0125. The molecule has 1 heterocycles.